The van der Waals surface area contributed by atoms with Crippen LogP contribution < -0.4 is 0 Å². The zero-order chi connectivity index (χ0) is 20.2. The van der Waals surface area contributed by atoms with Gasteiger partial charge in [-0.1, -0.05) is 31.5 Å². The third-order valence-electron chi connectivity index (χ3n) is 4.12. The molecule has 148 valence electrons. The van der Waals surface area contributed by atoms with Crippen LogP contribution in [-0.2, 0) is 16.6 Å². The predicted molar refractivity (Wildman–Crippen MR) is 101 cm³/mol. The number of nitrogens with zero attached hydrogens (tertiary/aromatic N) is 1. The summed E-state index contributed by atoms with van der Waals surface area (Å²) in [5.41, 5.74) is 0.0242. The molecule has 0 heterocycles. The fourth-order valence-corrected chi connectivity index (χ4v) is 4.53. The van der Waals surface area contributed by atoms with Gasteiger partial charge in [0.1, 0.15) is 11.6 Å². The van der Waals surface area contributed by atoms with Crippen molar-refractivity contribution >= 4 is 21.6 Å². The highest BCUT2D eigenvalue weighted by Crippen LogP contribution is 2.26. The van der Waals surface area contributed by atoms with Gasteiger partial charge in [-0.05, 0) is 42.7 Å². The largest absolute Gasteiger partial charge is 0.395 e. The van der Waals surface area contributed by atoms with Crippen molar-refractivity contribution in [2.24, 2.45) is 5.92 Å². The van der Waals surface area contributed by atoms with E-state index in [2.05, 4.69) is 0 Å². The van der Waals surface area contributed by atoms with Gasteiger partial charge in [0.25, 0.3) is 0 Å². The van der Waals surface area contributed by atoms with Gasteiger partial charge in [-0.15, -0.1) is 0 Å². The van der Waals surface area contributed by atoms with E-state index in [0.717, 1.165) is 10.4 Å². The monoisotopic (exact) mass is 417 g/mol. The summed E-state index contributed by atoms with van der Waals surface area (Å²) in [4.78, 5) is -0.0170. The van der Waals surface area contributed by atoms with Gasteiger partial charge in [0, 0.05) is 29.2 Å². The zero-order valence-electron chi connectivity index (χ0n) is 15.1. The van der Waals surface area contributed by atoms with Crippen molar-refractivity contribution in [1.29, 1.82) is 0 Å². The minimum Gasteiger partial charge on any atom is -0.395 e. The van der Waals surface area contributed by atoms with Crippen LogP contribution in [0.1, 0.15) is 25.8 Å². The zero-order valence-corrected chi connectivity index (χ0v) is 16.6. The van der Waals surface area contributed by atoms with Crippen LogP contribution in [-0.4, -0.2) is 30.5 Å². The van der Waals surface area contributed by atoms with Gasteiger partial charge in [0.15, 0.2) is 0 Å². The first-order valence-electron chi connectivity index (χ1n) is 8.47. The molecule has 0 unspecified atom stereocenters. The highest BCUT2D eigenvalue weighted by atomic mass is 35.5. The van der Waals surface area contributed by atoms with E-state index in [-0.39, 0.29) is 22.9 Å². The number of aliphatic hydroxyl groups is 1. The van der Waals surface area contributed by atoms with E-state index in [1.807, 2.05) is 13.8 Å². The normalized spacial score (nSPS) is 13.3. The SMILES string of the molecule is CC(C)C[C@H](CO)N(Cc1ccc(F)cc1F)S(=O)(=O)c1ccc(Cl)cc1. The first kappa shape index (κ1) is 21.8. The Morgan fingerprint density at radius 2 is 1.74 bits per heavy atom. The van der Waals surface area contributed by atoms with E-state index < -0.39 is 34.3 Å². The molecule has 0 amide bonds. The lowest BCUT2D eigenvalue weighted by atomic mass is 10.0. The molecule has 0 aliphatic heterocycles. The Balaban J connectivity index is 2.49. The Hall–Kier alpha value is -1.54. The molecule has 2 rings (SSSR count). The second-order valence-electron chi connectivity index (χ2n) is 6.71. The van der Waals surface area contributed by atoms with Crippen molar-refractivity contribution in [1.82, 2.24) is 4.31 Å². The lowest BCUT2D eigenvalue weighted by Crippen LogP contribution is -2.42. The fraction of sp³-hybridized carbons (Fsp3) is 0.368. The van der Waals surface area contributed by atoms with Gasteiger partial charge in [-0.25, -0.2) is 17.2 Å². The summed E-state index contributed by atoms with van der Waals surface area (Å²) >= 11 is 5.83. The Morgan fingerprint density at radius 3 is 2.26 bits per heavy atom. The Labute approximate surface area is 163 Å². The van der Waals surface area contributed by atoms with Crippen molar-refractivity contribution in [3.8, 4) is 0 Å². The minimum atomic E-state index is -4.05. The molecule has 0 aliphatic carbocycles. The molecule has 2 aromatic rings. The summed E-state index contributed by atoms with van der Waals surface area (Å²) in [6, 6.07) is 7.84. The van der Waals surface area contributed by atoms with E-state index in [1.165, 1.54) is 30.3 Å². The van der Waals surface area contributed by atoms with Gasteiger partial charge < -0.3 is 5.11 Å². The van der Waals surface area contributed by atoms with Gasteiger partial charge in [-0.3, -0.25) is 0 Å². The fourth-order valence-electron chi connectivity index (χ4n) is 2.80. The Morgan fingerprint density at radius 1 is 1.11 bits per heavy atom. The number of hydrogen-bond acceptors (Lipinski definition) is 3. The molecule has 8 heteroatoms. The molecule has 4 nitrogen and oxygen atoms in total. The number of benzene rings is 2. The third kappa shape index (κ3) is 5.48. The standard InChI is InChI=1S/C19H22ClF2NO3S/c1-13(2)9-17(12-24)23(11-14-3-6-16(21)10-19(14)22)27(25,26)18-7-4-15(20)5-8-18/h3-8,10,13,17,24H,9,11-12H2,1-2H3/t17-/m1/s1. The predicted octanol–water partition coefficient (Wildman–Crippen LogP) is 4.22. The minimum absolute atomic E-state index is 0.0170. The van der Waals surface area contributed by atoms with Gasteiger partial charge in [0.05, 0.1) is 11.5 Å². The average molecular weight is 418 g/mol. The quantitative estimate of drug-likeness (QED) is 0.699. The molecule has 1 atom stereocenters. The molecule has 27 heavy (non-hydrogen) atoms. The van der Waals surface area contributed by atoms with Crippen LogP contribution in [0.4, 0.5) is 8.78 Å². The van der Waals surface area contributed by atoms with E-state index in [4.69, 9.17) is 11.6 Å². The number of aliphatic hydroxyl groups excluding tert-OH is 1. The Bertz CT molecular complexity index is 873. The van der Waals surface area contributed by atoms with E-state index in [9.17, 15) is 22.3 Å². The summed E-state index contributed by atoms with van der Waals surface area (Å²) in [5, 5.41) is 10.2. The molecule has 0 saturated carbocycles. The molecule has 0 fully saturated rings. The van der Waals surface area contributed by atoms with Crippen molar-refractivity contribution in [2.75, 3.05) is 6.61 Å². The molecule has 0 bridgehead atoms. The van der Waals surface area contributed by atoms with Gasteiger partial charge >= 0.3 is 0 Å². The second-order valence-corrected chi connectivity index (χ2v) is 9.03. The van der Waals surface area contributed by atoms with Crippen molar-refractivity contribution in [3.05, 3.63) is 64.7 Å². The second kappa shape index (κ2) is 9.10. The third-order valence-corrected chi connectivity index (χ3v) is 6.29. The number of sulfonamides is 1. The van der Waals surface area contributed by atoms with E-state index in [1.54, 1.807) is 0 Å². The number of hydrogen-bond donors (Lipinski definition) is 1. The van der Waals surface area contributed by atoms with Crippen molar-refractivity contribution in [3.63, 3.8) is 0 Å². The molecule has 1 N–H and O–H groups in total. The molecule has 2 aromatic carbocycles. The van der Waals surface area contributed by atoms with Gasteiger partial charge in [0.2, 0.25) is 10.0 Å². The van der Waals surface area contributed by atoms with Crippen LogP contribution in [0.5, 0.6) is 0 Å². The summed E-state index contributed by atoms with van der Waals surface area (Å²) in [5.74, 6) is -1.49. The van der Waals surface area contributed by atoms with Gasteiger partial charge in [-0.2, -0.15) is 4.31 Å². The van der Waals surface area contributed by atoms with Crippen LogP contribution in [0, 0.1) is 17.6 Å². The smallest absolute Gasteiger partial charge is 0.243 e. The molecule has 0 aromatic heterocycles. The van der Waals surface area contributed by atoms with Crippen molar-refractivity contribution in [2.45, 2.75) is 37.8 Å². The molecular formula is C19H22ClF2NO3S. The van der Waals surface area contributed by atoms with E-state index in [0.29, 0.717) is 17.5 Å². The maximum atomic E-state index is 14.1. The van der Waals surface area contributed by atoms with Crippen LogP contribution in [0.25, 0.3) is 0 Å². The van der Waals surface area contributed by atoms with E-state index >= 15 is 0 Å². The topological polar surface area (TPSA) is 57.6 Å². The molecular weight excluding hydrogens is 396 g/mol. The maximum Gasteiger partial charge on any atom is 0.243 e. The number of halogens is 3. The van der Waals surface area contributed by atoms with Crippen molar-refractivity contribution < 1.29 is 22.3 Å². The first-order valence-corrected chi connectivity index (χ1v) is 10.3. The maximum absolute atomic E-state index is 14.1. The summed E-state index contributed by atoms with van der Waals surface area (Å²) in [6.07, 6.45) is 0.381. The molecule has 0 spiro atoms. The summed E-state index contributed by atoms with van der Waals surface area (Å²) < 4.78 is 54.8. The highest BCUT2D eigenvalue weighted by molar-refractivity contribution is 7.89. The van der Waals surface area contributed by atoms with Crippen LogP contribution in [0.15, 0.2) is 47.4 Å². The summed E-state index contributed by atoms with van der Waals surface area (Å²) in [6.45, 7) is 3.05. The average Bonchev–Trinajstić information content (AvgIpc) is 2.59. The lowest BCUT2D eigenvalue weighted by Gasteiger charge is -2.31. The van der Waals surface area contributed by atoms with Crippen LogP contribution in [0.2, 0.25) is 5.02 Å². The molecule has 0 saturated heterocycles. The first-order chi connectivity index (χ1) is 12.6. The number of rotatable bonds is 8. The highest BCUT2D eigenvalue weighted by Gasteiger charge is 2.32. The Kier molecular flexibility index (Phi) is 7.33. The molecule has 0 radical (unpaired) electrons. The lowest BCUT2D eigenvalue weighted by molar-refractivity contribution is 0.163. The van der Waals surface area contributed by atoms with Crippen LogP contribution >= 0.6 is 11.6 Å². The molecule has 0 aliphatic rings. The summed E-state index contributed by atoms with van der Waals surface area (Å²) in [7, 11) is -4.05. The van der Waals surface area contributed by atoms with Crippen LogP contribution in [0.3, 0.4) is 0 Å².